The molecule has 0 spiro atoms. The summed E-state index contributed by atoms with van der Waals surface area (Å²) in [6.45, 7) is 1.75. The molecule has 3 rings (SSSR count). The Balaban J connectivity index is 1.93. The monoisotopic (exact) mass is 359 g/mol. The van der Waals surface area contributed by atoms with Crippen LogP contribution in [0.15, 0.2) is 57.9 Å². The number of ether oxygens (including phenoxy) is 2. The van der Waals surface area contributed by atoms with E-state index in [-0.39, 0.29) is 4.90 Å². The Kier molecular flexibility index (Phi) is 4.50. The highest BCUT2D eigenvalue weighted by Crippen LogP contribution is 2.36. The van der Waals surface area contributed by atoms with Crippen molar-refractivity contribution in [1.82, 2.24) is 5.16 Å². The maximum absolute atomic E-state index is 11.6. The van der Waals surface area contributed by atoms with Gasteiger partial charge in [0.25, 0.3) is 0 Å². The Morgan fingerprint density at radius 3 is 2.12 bits per heavy atom. The Bertz CT molecular complexity index is 973. The molecule has 0 fully saturated rings. The van der Waals surface area contributed by atoms with Crippen molar-refractivity contribution in [3.63, 3.8) is 0 Å². The summed E-state index contributed by atoms with van der Waals surface area (Å²) in [5.41, 5.74) is 1.21. The minimum absolute atomic E-state index is 0.245. The minimum Gasteiger partial charge on any atom is -0.497 e. The standard InChI is InChI=1S/C18H17NO5S/c1-12-18(23-15-8-6-14(22-2)7-9-15)17(19-24-12)13-4-10-16(11-5-13)25(3,20)21/h4-11H,1-3H3. The first kappa shape index (κ1) is 17.0. The van der Waals surface area contributed by atoms with Gasteiger partial charge >= 0.3 is 0 Å². The molecular weight excluding hydrogens is 342 g/mol. The summed E-state index contributed by atoms with van der Waals surface area (Å²) in [4.78, 5) is 0.245. The molecule has 6 nitrogen and oxygen atoms in total. The molecule has 2 aromatic carbocycles. The van der Waals surface area contributed by atoms with E-state index in [4.69, 9.17) is 14.0 Å². The van der Waals surface area contributed by atoms with Crippen LogP contribution in [-0.4, -0.2) is 26.9 Å². The van der Waals surface area contributed by atoms with Gasteiger partial charge in [-0.25, -0.2) is 8.42 Å². The lowest BCUT2D eigenvalue weighted by Gasteiger charge is -2.07. The molecule has 3 aromatic rings. The average Bonchev–Trinajstić information content (AvgIpc) is 2.96. The third-order valence-electron chi connectivity index (χ3n) is 3.64. The van der Waals surface area contributed by atoms with Crippen LogP contribution in [0.25, 0.3) is 11.3 Å². The summed E-state index contributed by atoms with van der Waals surface area (Å²) >= 11 is 0. The van der Waals surface area contributed by atoms with Crippen molar-refractivity contribution in [3.8, 4) is 28.5 Å². The highest BCUT2D eigenvalue weighted by atomic mass is 32.2. The fraction of sp³-hybridized carbons (Fsp3) is 0.167. The number of rotatable bonds is 5. The third kappa shape index (κ3) is 3.66. The molecule has 130 valence electrons. The number of aromatic nitrogens is 1. The summed E-state index contributed by atoms with van der Waals surface area (Å²) < 4.78 is 39.4. The highest BCUT2D eigenvalue weighted by Gasteiger charge is 2.18. The fourth-order valence-electron chi connectivity index (χ4n) is 2.29. The number of hydrogen-bond donors (Lipinski definition) is 0. The van der Waals surface area contributed by atoms with Crippen LogP contribution in [0.4, 0.5) is 0 Å². The van der Waals surface area contributed by atoms with Crippen LogP contribution >= 0.6 is 0 Å². The number of sulfone groups is 1. The van der Waals surface area contributed by atoms with Crippen LogP contribution in [-0.2, 0) is 9.84 Å². The van der Waals surface area contributed by atoms with Gasteiger partial charge in [-0.3, -0.25) is 0 Å². The first-order chi connectivity index (χ1) is 11.9. The van der Waals surface area contributed by atoms with Gasteiger partial charge in [-0.1, -0.05) is 17.3 Å². The van der Waals surface area contributed by atoms with Crippen LogP contribution < -0.4 is 9.47 Å². The Hall–Kier alpha value is -2.80. The maximum atomic E-state index is 11.6. The summed E-state index contributed by atoms with van der Waals surface area (Å²) in [6, 6.07) is 13.6. The topological polar surface area (TPSA) is 78.6 Å². The van der Waals surface area contributed by atoms with E-state index < -0.39 is 9.84 Å². The van der Waals surface area contributed by atoms with Gasteiger partial charge in [0, 0.05) is 18.7 Å². The zero-order valence-electron chi connectivity index (χ0n) is 14.0. The van der Waals surface area contributed by atoms with Crippen LogP contribution in [0.1, 0.15) is 5.76 Å². The van der Waals surface area contributed by atoms with E-state index in [9.17, 15) is 8.42 Å². The fourth-order valence-corrected chi connectivity index (χ4v) is 2.92. The van der Waals surface area contributed by atoms with Crippen molar-refractivity contribution in [2.45, 2.75) is 11.8 Å². The molecule has 0 saturated heterocycles. The number of nitrogens with zero attached hydrogens (tertiary/aromatic N) is 1. The van der Waals surface area contributed by atoms with E-state index in [1.165, 1.54) is 18.4 Å². The molecular formula is C18H17NO5S. The second-order valence-corrected chi connectivity index (χ2v) is 7.51. The molecule has 25 heavy (non-hydrogen) atoms. The third-order valence-corrected chi connectivity index (χ3v) is 4.77. The van der Waals surface area contributed by atoms with E-state index in [1.807, 2.05) is 0 Å². The average molecular weight is 359 g/mol. The number of methoxy groups -OCH3 is 1. The Morgan fingerprint density at radius 1 is 0.960 bits per heavy atom. The van der Waals surface area contributed by atoms with Gasteiger partial charge in [-0.05, 0) is 36.4 Å². The Labute approximate surface area is 145 Å². The predicted molar refractivity (Wildman–Crippen MR) is 92.9 cm³/mol. The minimum atomic E-state index is -3.25. The van der Waals surface area contributed by atoms with Crippen LogP contribution in [0.2, 0.25) is 0 Å². The number of hydrogen-bond acceptors (Lipinski definition) is 6. The van der Waals surface area contributed by atoms with Crippen molar-refractivity contribution in [2.24, 2.45) is 0 Å². The zero-order chi connectivity index (χ0) is 18.0. The van der Waals surface area contributed by atoms with Crippen molar-refractivity contribution in [2.75, 3.05) is 13.4 Å². The SMILES string of the molecule is COc1ccc(Oc2c(-c3ccc(S(C)(=O)=O)cc3)noc2C)cc1. The van der Waals surface area contributed by atoms with E-state index >= 15 is 0 Å². The molecule has 0 amide bonds. The summed E-state index contributed by atoms with van der Waals surface area (Å²) in [6.07, 6.45) is 1.17. The van der Waals surface area contributed by atoms with Gasteiger partial charge in [-0.15, -0.1) is 0 Å². The molecule has 1 aromatic heterocycles. The number of aryl methyl sites for hydroxylation is 1. The van der Waals surface area contributed by atoms with Crippen LogP contribution in [0.5, 0.6) is 17.2 Å². The summed E-state index contributed by atoms with van der Waals surface area (Å²) in [5.74, 6) is 2.35. The second-order valence-electron chi connectivity index (χ2n) is 5.49. The van der Waals surface area contributed by atoms with E-state index in [2.05, 4.69) is 5.16 Å². The van der Waals surface area contributed by atoms with Gasteiger partial charge in [0.2, 0.25) is 0 Å². The van der Waals surface area contributed by atoms with Crippen molar-refractivity contribution >= 4 is 9.84 Å². The van der Waals surface area contributed by atoms with Gasteiger partial charge in [-0.2, -0.15) is 0 Å². The normalized spacial score (nSPS) is 11.3. The van der Waals surface area contributed by atoms with Crippen molar-refractivity contribution in [1.29, 1.82) is 0 Å². The molecule has 0 unspecified atom stereocenters. The molecule has 0 aliphatic rings. The molecule has 1 heterocycles. The van der Waals surface area contributed by atoms with E-state index in [1.54, 1.807) is 50.4 Å². The van der Waals surface area contributed by atoms with E-state index in [0.29, 0.717) is 28.5 Å². The molecule has 7 heteroatoms. The molecule has 0 aliphatic carbocycles. The number of benzene rings is 2. The van der Waals surface area contributed by atoms with Crippen LogP contribution in [0.3, 0.4) is 0 Å². The first-order valence-corrected chi connectivity index (χ1v) is 9.36. The quantitative estimate of drug-likeness (QED) is 0.688. The maximum Gasteiger partial charge on any atom is 0.197 e. The first-order valence-electron chi connectivity index (χ1n) is 7.47. The molecule has 0 bridgehead atoms. The summed E-state index contributed by atoms with van der Waals surface area (Å²) in [7, 11) is -1.65. The lowest BCUT2D eigenvalue weighted by molar-refractivity contribution is 0.386. The lowest BCUT2D eigenvalue weighted by Crippen LogP contribution is -1.96. The molecule has 0 aliphatic heterocycles. The molecule has 0 radical (unpaired) electrons. The van der Waals surface area contributed by atoms with Gasteiger partial charge in [0.05, 0.1) is 12.0 Å². The smallest absolute Gasteiger partial charge is 0.197 e. The summed E-state index contributed by atoms with van der Waals surface area (Å²) in [5, 5.41) is 4.03. The molecule has 0 N–H and O–H groups in total. The zero-order valence-corrected chi connectivity index (χ0v) is 14.8. The van der Waals surface area contributed by atoms with E-state index in [0.717, 1.165) is 5.75 Å². The highest BCUT2D eigenvalue weighted by molar-refractivity contribution is 7.90. The lowest BCUT2D eigenvalue weighted by atomic mass is 10.1. The Morgan fingerprint density at radius 2 is 1.56 bits per heavy atom. The molecule has 0 atom stereocenters. The van der Waals surface area contributed by atoms with Gasteiger partial charge < -0.3 is 14.0 Å². The molecule has 0 saturated carbocycles. The van der Waals surface area contributed by atoms with Crippen molar-refractivity contribution in [3.05, 3.63) is 54.3 Å². The predicted octanol–water partition coefficient (Wildman–Crippen LogP) is 3.85. The van der Waals surface area contributed by atoms with Gasteiger partial charge in [0.15, 0.2) is 27.0 Å². The van der Waals surface area contributed by atoms with Crippen molar-refractivity contribution < 1.29 is 22.4 Å². The van der Waals surface area contributed by atoms with Crippen LogP contribution in [0, 0.1) is 6.92 Å². The van der Waals surface area contributed by atoms with Gasteiger partial charge in [0.1, 0.15) is 11.5 Å². The largest absolute Gasteiger partial charge is 0.497 e. The second kappa shape index (κ2) is 6.60.